The van der Waals surface area contributed by atoms with Crippen molar-refractivity contribution >= 4 is 15.9 Å². The molecule has 0 bridgehead atoms. The number of benzene rings is 1. The molecule has 0 unspecified atom stereocenters. The fraction of sp³-hybridized carbons (Fsp3) is 0.682. The summed E-state index contributed by atoms with van der Waals surface area (Å²) >= 11 is 0. The number of methoxy groups -OCH3 is 1. The van der Waals surface area contributed by atoms with Gasteiger partial charge in [-0.2, -0.15) is 4.31 Å². The molecule has 164 valence electrons. The van der Waals surface area contributed by atoms with E-state index in [0.29, 0.717) is 44.1 Å². The van der Waals surface area contributed by atoms with Crippen molar-refractivity contribution in [2.45, 2.75) is 70.1 Å². The standard InChI is InChI=1S/C22H36N2O4S/c1-4-6-9-18(5-2)17-23-22(25)13-10-19-16-20(11-12-21(19)28-3)29(26,27)24-14-7-8-15-24/h11-12,16,18H,4-10,13-15,17H2,1-3H3,(H,23,25)/t18-/m1/s1. The Balaban J connectivity index is 1.99. The van der Waals surface area contributed by atoms with Crippen molar-refractivity contribution in [1.82, 2.24) is 9.62 Å². The molecule has 1 aromatic carbocycles. The maximum Gasteiger partial charge on any atom is 0.243 e. The number of carbonyl (C=O) groups is 1. The maximum absolute atomic E-state index is 12.8. The van der Waals surface area contributed by atoms with Gasteiger partial charge in [-0.05, 0) is 55.4 Å². The summed E-state index contributed by atoms with van der Waals surface area (Å²) in [4.78, 5) is 12.6. The zero-order valence-corrected chi connectivity index (χ0v) is 18.9. The van der Waals surface area contributed by atoms with Crippen LogP contribution >= 0.6 is 0 Å². The van der Waals surface area contributed by atoms with Gasteiger partial charge in [0.15, 0.2) is 0 Å². The number of amides is 1. The van der Waals surface area contributed by atoms with E-state index in [9.17, 15) is 13.2 Å². The van der Waals surface area contributed by atoms with Gasteiger partial charge in [0.05, 0.1) is 12.0 Å². The zero-order valence-electron chi connectivity index (χ0n) is 18.1. The van der Waals surface area contributed by atoms with E-state index in [-0.39, 0.29) is 10.8 Å². The number of ether oxygens (including phenoxy) is 1. The molecular formula is C22H36N2O4S. The van der Waals surface area contributed by atoms with Crippen LogP contribution in [-0.4, -0.2) is 45.4 Å². The van der Waals surface area contributed by atoms with Crippen molar-refractivity contribution in [3.63, 3.8) is 0 Å². The van der Waals surface area contributed by atoms with Gasteiger partial charge >= 0.3 is 0 Å². The van der Waals surface area contributed by atoms with Gasteiger partial charge in [-0.25, -0.2) is 8.42 Å². The molecule has 0 radical (unpaired) electrons. The van der Waals surface area contributed by atoms with Crippen LogP contribution in [0.1, 0.15) is 64.4 Å². The zero-order chi connectivity index (χ0) is 21.3. The van der Waals surface area contributed by atoms with Crippen molar-refractivity contribution in [2.24, 2.45) is 5.92 Å². The highest BCUT2D eigenvalue weighted by Crippen LogP contribution is 2.27. The second-order valence-corrected chi connectivity index (χ2v) is 9.74. The Kier molecular flexibility index (Phi) is 9.43. The second kappa shape index (κ2) is 11.6. The molecule has 0 saturated carbocycles. The Morgan fingerprint density at radius 3 is 2.59 bits per heavy atom. The molecule has 1 aliphatic heterocycles. The molecule has 29 heavy (non-hydrogen) atoms. The largest absolute Gasteiger partial charge is 0.496 e. The van der Waals surface area contributed by atoms with Gasteiger partial charge in [-0.1, -0.05) is 33.1 Å². The van der Waals surface area contributed by atoms with Crippen molar-refractivity contribution in [3.05, 3.63) is 23.8 Å². The molecule has 0 aromatic heterocycles. The van der Waals surface area contributed by atoms with E-state index in [1.807, 2.05) is 0 Å². The van der Waals surface area contributed by atoms with Crippen LogP contribution in [0.4, 0.5) is 0 Å². The van der Waals surface area contributed by atoms with Gasteiger partial charge in [0.25, 0.3) is 0 Å². The van der Waals surface area contributed by atoms with Crippen LogP contribution in [0.2, 0.25) is 0 Å². The molecule has 7 heteroatoms. The number of rotatable bonds is 12. The lowest BCUT2D eigenvalue weighted by Gasteiger charge is -2.17. The van der Waals surface area contributed by atoms with E-state index in [1.165, 1.54) is 17.1 Å². The quantitative estimate of drug-likeness (QED) is 0.554. The number of nitrogens with one attached hydrogen (secondary N) is 1. The molecule has 1 fully saturated rings. The molecule has 1 aliphatic rings. The van der Waals surface area contributed by atoms with Crippen molar-refractivity contribution in [1.29, 1.82) is 0 Å². The fourth-order valence-electron chi connectivity index (χ4n) is 3.73. The average molecular weight is 425 g/mol. The van der Waals surface area contributed by atoms with Crippen LogP contribution in [0, 0.1) is 5.92 Å². The van der Waals surface area contributed by atoms with E-state index in [2.05, 4.69) is 19.2 Å². The molecule has 0 spiro atoms. The highest BCUT2D eigenvalue weighted by Gasteiger charge is 2.27. The topological polar surface area (TPSA) is 75.7 Å². The average Bonchev–Trinajstić information content (AvgIpc) is 3.28. The number of unbranched alkanes of at least 4 members (excludes halogenated alkanes) is 1. The number of sulfonamides is 1. The Morgan fingerprint density at radius 1 is 1.24 bits per heavy atom. The van der Waals surface area contributed by atoms with Crippen LogP contribution < -0.4 is 10.1 Å². The van der Waals surface area contributed by atoms with E-state index >= 15 is 0 Å². The highest BCUT2D eigenvalue weighted by molar-refractivity contribution is 7.89. The highest BCUT2D eigenvalue weighted by atomic mass is 32.2. The second-order valence-electron chi connectivity index (χ2n) is 7.81. The van der Waals surface area contributed by atoms with E-state index in [1.54, 1.807) is 25.3 Å². The summed E-state index contributed by atoms with van der Waals surface area (Å²) in [5.74, 6) is 1.13. The lowest BCUT2D eigenvalue weighted by molar-refractivity contribution is -0.121. The molecule has 2 rings (SSSR count). The normalized spacial score (nSPS) is 16.0. The monoisotopic (exact) mass is 424 g/mol. The first kappa shape index (κ1) is 23.7. The van der Waals surface area contributed by atoms with Gasteiger partial charge < -0.3 is 10.1 Å². The number of hydrogen-bond donors (Lipinski definition) is 1. The third-order valence-electron chi connectivity index (χ3n) is 5.71. The van der Waals surface area contributed by atoms with Gasteiger partial charge in [0.1, 0.15) is 5.75 Å². The Hall–Kier alpha value is -1.60. The summed E-state index contributed by atoms with van der Waals surface area (Å²) in [5.41, 5.74) is 0.751. The Labute approximate surface area is 176 Å². The molecule has 1 heterocycles. The van der Waals surface area contributed by atoms with E-state index in [0.717, 1.165) is 31.2 Å². The minimum Gasteiger partial charge on any atom is -0.496 e. The van der Waals surface area contributed by atoms with Crippen LogP contribution in [0.5, 0.6) is 5.75 Å². The van der Waals surface area contributed by atoms with Crippen LogP contribution in [-0.2, 0) is 21.2 Å². The van der Waals surface area contributed by atoms with Crippen molar-refractivity contribution < 1.29 is 17.9 Å². The molecule has 1 aromatic rings. The molecule has 0 aliphatic carbocycles. The van der Waals surface area contributed by atoms with E-state index in [4.69, 9.17) is 4.74 Å². The lowest BCUT2D eigenvalue weighted by atomic mass is 9.99. The third kappa shape index (κ3) is 6.71. The number of hydrogen-bond acceptors (Lipinski definition) is 4. The lowest BCUT2D eigenvalue weighted by Crippen LogP contribution is -2.29. The van der Waals surface area contributed by atoms with Gasteiger partial charge in [-0.15, -0.1) is 0 Å². The molecular weight excluding hydrogens is 388 g/mol. The summed E-state index contributed by atoms with van der Waals surface area (Å²) in [6.45, 7) is 6.18. The van der Waals surface area contributed by atoms with Crippen LogP contribution in [0.25, 0.3) is 0 Å². The summed E-state index contributed by atoms with van der Waals surface area (Å²) < 4.78 is 32.6. The van der Waals surface area contributed by atoms with Crippen LogP contribution in [0.3, 0.4) is 0 Å². The summed E-state index contributed by atoms with van der Waals surface area (Å²) in [5, 5.41) is 3.03. The molecule has 6 nitrogen and oxygen atoms in total. The number of nitrogens with zero attached hydrogens (tertiary/aromatic N) is 1. The molecule has 1 N–H and O–H groups in total. The van der Waals surface area contributed by atoms with Crippen molar-refractivity contribution in [3.8, 4) is 5.75 Å². The first-order chi connectivity index (χ1) is 13.9. The van der Waals surface area contributed by atoms with Gasteiger partial charge in [0.2, 0.25) is 15.9 Å². The maximum atomic E-state index is 12.8. The minimum atomic E-state index is -3.48. The molecule has 1 atom stereocenters. The molecule has 1 saturated heterocycles. The minimum absolute atomic E-state index is 0.00481. The van der Waals surface area contributed by atoms with Crippen molar-refractivity contribution in [2.75, 3.05) is 26.7 Å². The number of carbonyl (C=O) groups excluding carboxylic acids is 1. The Morgan fingerprint density at radius 2 is 1.97 bits per heavy atom. The SMILES string of the molecule is CCCC[C@@H](CC)CNC(=O)CCc1cc(S(=O)(=O)N2CCCC2)ccc1OC. The Bertz CT molecular complexity index is 758. The van der Waals surface area contributed by atoms with E-state index < -0.39 is 10.0 Å². The molecule has 1 amide bonds. The fourth-order valence-corrected chi connectivity index (χ4v) is 5.29. The summed E-state index contributed by atoms with van der Waals surface area (Å²) in [7, 11) is -1.92. The first-order valence-corrected chi connectivity index (χ1v) is 12.3. The number of aryl methyl sites for hydroxylation is 1. The summed E-state index contributed by atoms with van der Waals surface area (Å²) in [6, 6.07) is 4.94. The van der Waals surface area contributed by atoms with Crippen LogP contribution in [0.15, 0.2) is 23.1 Å². The third-order valence-corrected chi connectivity index (χ3v) is 7.60. The first-order valence-electron chi connectivity index (χ1n) is 10.9. The smallest absolute Gasteiger partial charge is 0.243 e. The predicted octanol–water partition coefficient (Wildman–Crippen LogP) is 3.74. The summed E-state index contributed by atoms with van der Waals surface area (Å²) in [6.07, 6.45) is 7.11. The van der Waals surface area contributed by atoms with Gasteiger partial charge in [0, 0.05) is 26.1 Å². The predicted molar refractivity (Wildman–Crippen MR) is 116 cm³/mol. The van der Waals surface area contributed by atoms with Gasteiger partial charge in [-0.3, -0.25) is 4.79 Å².